The van der Waals surface area contributed by atoms with E-state index in [4.69, 9.17) is 0 Å². The fourth-order valence-corrected chi connectivity index (χ4v) is 1.46. The molecule has 0 unspecified atom stereocenters. The van der Waals surface area contributed by atoms with Crippen LogP contribution in [0.2, 0.25) is 4.44 Å². The van der Waals surface area contributed by atoms with Crippen LogP contribution in [0.5, 0.6) is 0 Å². The topological polar surface area (TPSA) is 0 Å². The number of rotatable bonds is 6. The molecule has 0 amide bonds. The zero-order valence-corrected chi connectivity index (χ0v) is 9.83. The molecule has 0 nitrogen and oxygen atoms in total. The molecule has 0 aromatic rings. The van der Waals surface area contributed by atoms with Crippen molar-refractivity contribution in [2.45, 2.75) is 17.3 Å². The van der Waals surface area contributed by atoms with Crippen molar-refractivity contribution in [3.05, 3.63) is 38.0 Å². The Kier molecular flexibility index (Phi) is 5.65. The summed E-state index contributed by atoms with van der Waals surface area (Å²) in [4.78, 5) is 0. The SMILES string of the molecule is C=CC(C=C)(C=C)CC[CH2][Sn]. The van der Waals surface area contributed by atoms with Crippen LogP contribution in [0.1, 0.15) is 12.8 Å². The molecule has 0 spiro atoms. The van der Waals surface area contributed by atoms with Crippen molar-refractivity contribution in [3.8, 4) is 0 Å². The molecule has 0 saturated heterocycles. The molecule has 0 aliphatic carbocycles. The summed E-state index contributed by atoms with van der Waals surface area (Å²) in [6, 6.07) is 0. The van der Waals surface area contributed by atoms with E-state index in [1.807, 2.05) is 18.2 Å². The van der Waals surface area contributed by atoms with Crippen molar-refractivity contribution in [2.75, 3.05) is 0 Å². The summed E-state index contributed by atoms with van der Waals surface area (Å²) in [5.41, 5.74) is -0.0173. The molecule has 0 aromatic carbocycles. The Morgan fingerprint density at radius 2 is 1.55 bits per heavy atom. The summed E-state index contributed by atoms with van der Waals surface area (Å²) >= 11 is 1.60. The van der Waals surface area contributed by atoms with Gasteiger partial charge >= 0.3 is 83.2 Å². The van der Waals surface area contributed by atoms with E-state index >= 15 is 0 Å². The quantitative estimate of drug-likeness (QED) is 0.505. The molecule has 3 radical (unpaired) electrons. The van der Waals surface area contributed by atoms with Crippen molar-refractivity contribution < 1.29 is 0 Å². The van der Waals surface area contributed by atoms with E-state index in [9.17, 15) is 0 Å². The molecular formula is C10H15Sn. The zero-order valence-electron chi connectivity index (χ0n) is 6.97. The van der Waals surface area contributed by atoms with Gasteiger partial charge in [-0.3, -0.25) is 0 Å². The van der Waals surface area contributed by atoms with Crippen LogP contribution in [0.25, 0.3) is 0 Å². The van der Waals surface area contributed by atoms with Gasteiger partial charge in [-0.25, -0.2) is 0 Å². The molecule has 0 saturated carbocycles. The van der Waals surface area contributed by atoms with Gasteiger partial charge < -0.3 is 0 Å². The van der Waals surface area contributed by atoms with Crippen molar-refractivity contribution in [1.29, 1.82) is 0 Å². The van der Waals surface area contributed by atoms with Crippen LogP contribution in [0.4, 0.5) is 0 Å². The van der Waals surface area contributed by atoms with Gasteiger partial charge in [0.2, 0.25) is 0 Å². The molecule has 0 fully saturated rings. The van der Waals surface area contributed by atoms with E-state index in [0.29, 0.717) is 0 Å². The number of hydrogen-bond acceptors (Lipinski definition) is 0. The molecule has 0 aromatic heterocycles. The zero-order chi connectivity index (χ0) is 8.74. The van der Waals surface area contributed by atoms with Gasteiger partial charge in [-0.2, -0.15) is 0 Å². The average Bonchev–Trinajstić information content (AvgIpc) is 2.08. The van der Waals surface area contributed by atoms with E-state index in [1.165, 1.54) is 10.9 Å². The van der Waals surface area contributed by atoms with Gasteiger partial charge in [-0.05, 0) is 0 Å². The third-order valence-corrected chi connectivity index (χ3v) is 2.94. The molecule has 0 N–H and O–H groups in total. The van der Waals surface area contributed by atoms with Crippen LogP contribution in [0.15, 0.2) is 38.0 Å². The van der Waals surface area contributed by atoms with Gasteiger partial charge in [0.15, 0.2) is 0 Å². The third kappa shape index (κ3) is 3.28. The third-order valence-electron chi connectivity index (χ3n) is 1.93. The summed E-state index contributed by atoms with van der Waals surface area (Å²) in [7, 11) is 0. The Bertz CT molecular complexity index is 125. The predicted octanol–water partition coefficient (Wildman–Crippen LogP) is 2.90. The summed E-state index contributed by atoms with van der Waals surface area (Å²) in [5, 5.41) is 0. The molecular weight excluding hydrogens is 239 g/mol. The van der Waals surface area contributed by atoms with E-state index in [2.05, 4.69) is 19.7 Å². The molecule has 0 bridgehead atoms. The molecule has 59 valence electrons. The van der Waals surface area contributed by atoms with Crippen LogP contribution in [-0.4, -0.2) is 22.5 Å². The maximum atomic E-state index is 3.79. The van der Waals surface area contributed by atoms with Crippen LogP contribution in [-0.2, 0) is 0 Å². The normalized spacial score (nSPS) is 10.6. The van der Waals surface area contributed by atoms with Gasteiger partial charge in [0.05, 0.1) is 0 Å². The minimum absolute atomic E-state index is 0.0173. The molecule has 0 heterocycles. The minimum atomic E-state index is -0.0173. The molecule has 0 rings (SSSR count). The van der Waals surface area contributed by atoms with Crippen molar-refractivity contribution in [3.63, 3.8) is 0 Å². The molecule has 1 heteroatoms. The summed E-state index contributed by atoms with van der Waals surface area (Å²) in [6.45, 7) is 11.4. The molecule has 0 aliphatic heterocycles. The van der Waals surface area contributed by atoms with Crippen LogP contribution in [0.3, 0.4) is 0 Å². The summed E-state index contributed by atoms with van der Waals surface area (Å²) in [6.07, 6.45) is 8.13. The standard InChI is InChI=1S/C10H15.Sn/c1-5-9-10(6-2,7-3)8-4;/h6-8H,1-5,9H2;. The van der Waals surface area contributed by atoms with Crippen molar-refractivity contribution >= 4 is 22.5 Å². The fourth-order valence-electron chi connectivity index (χ4n) is 0.951. The molecule has 11 heavy (non-hydrogen) atoms. The Balaban J connectivity index is 4.16. The number of allylic oxidation sites excluding steroid dienone is 3. The van der Waals surface area contributed by atoms with E-state index in [0.717, 1.165) is 6.42 Å². The van der Waals surface area contributed by atoms with E-state index in [1.54, 1.807) is 22.5 Å². The first-order valence-electron chi connectivity index (χ1n) is 3.80. The second-order valence-electron chi connectivity index (χ2n) is 2.58. The van der Waals surface area contributed by atoms with Gasteiger partial charge in [-0.1, -0.05) is 0 Å². The van der Waals surface area contributed by atoms with Crippen molar-refractivity contribution in [1.82, 2.24) is 0 Å². The van der Waals surface area contributed by atoms with Gasteiger partial charge in [0.1, 0.15) is 0 Å². The van der Waals surface area contributed by atoms with Crippen molar-refractivity contribution in [2.24, 2.45) is 5.41 Å². The van der Waals surface area contributed by atoms with E-state index in [-0.39, 0.29) is 5.41 Å². The van der Waals surface area contributed by atoms with Crippen LogP contribution >= 0.6 is 0 Å². The molecule has 0 atom stereocenters. The first-order valence-corrected chi connectivity index (χ1v) is 5.82. The van der Waals surface area contributed by atoms with Gasteiger partial charge in [0.25, 0.3) is 0 Å². The van der Waals surface area contributed by atoms with E-state index < -0.39 is 0 Å². The molecule has 0 aliphatic rings. The van der Waals surface area contributed by atoms with Crippen LogP contribution in [0, 0.1) is 5.41 Å². The van der Waals surface area contributed by atoms with Gasteiger partial charge in [0, 0.05) is 0 Å². The summed E-state index contributed by atoms with van der Waals surface area (Å²) in [5.74, 6) is 0. The number of hydrogen-bond donors (Lipinski definition) is 0. The Morgan fingerprint density at radius 1 is 1.09 bits per heavy atom. The average molecular weight is 254 g/mol. The second-order valence-corrected chi connectivity index (χ2v) is 4.01. The van der Waals surface area contributed by atoms with Gasteiger partial charge in [-0.15, -0.1) is 0 Å². The summed E-state index contributed by atoms with van der Waals surface area (Å²) < 4.78 is 1.30. The Morgan fingerprint density at radius 3 is 1.82 bits per heavy atom. The Labute approximate surface area is 83.2 Å². The predicted molar refractivity (Wildman–Crippen MR) is 52.8 cm³/mol. The first-order chi connectivity index (χ1) is 5.24. The maximum absolute atomic E-state index is 3.79. The fraction of sp³-hybridized carbons (Fsp3) is 0.400. The second kappa shape index (κ2) is 5.64. The first kappa shape index (κ1) is 11.0. The van der Waals surface area contributed by atoms with Crippen LogP contribution < -0.4 is 0 Å². The Hall–Kier alpha value is 0.0187. The monoisotopic (exact) mass is 255 g/mol.